The molecule has 6 heteroatoms. The summed E-state index contributed by atoms with van der Waals surface area (Å²) in [5.74, 6) is 0.00957. The van der Waals surface area contributed by atoms with Gasteiger partial charge in [0.15, 0.2) is 5.78 Å². The van der Waals surface area contributed by atoms with Gasteiger partial charge in [-0.25, -0.2) is 4.79 Å². The Hall–Kier alpha value is -3.05. The van der Waals surface area contributed by atoms with Crippen LogP contribution in [0.2, 0.25) is 5.02 Å². The number of ketones is 1. The molecule has 0 unspecified atom stereocenters. The first kappa shape index (κ1) is 25.1. The Kier molecular flexibility index (Phi) is 7.97. The maximum absolute atomic E-state index is 13.6. The number of ether oxygens (including phenoxy) is 2. The van der Waals surface area contributed by atoms with E-state index in [2.05, 4.69) is 12.2 Å². The average Bonchev–Trinajstić information content (AvgIpc) is 2.85. The first-order valence-corrected chi connectivity index (χ1v) is 12.7. The van der Waals surface area contributed by atoms with Crippen molar-refractivity contribution in [1.82, 2.24) is 5.32 Å². The standard InChI is InChI=1S/C29H32ClNO4/c1-4-14-34-23-12-8-20(9-13-23)27-26(29(33)35-15-5-2)18(3)31-24-16-21(17-25(32)28(24)27)19-6-10-22(30)11-7-19/h6-13,21,27,31H,4-5,14-17H2,1-3H3/t21-,27+/m1/s1. The van der Waals surface area contributed by atoms with Crippen molar-refractivity contribution in [2.75, 3.05) is 13.2 Å². The van der Waals surface area contributed by atoms with Crippen LogP contribution in [0.3, 0.4) is 0 Å². The second-order valence-corrected chi connectivity index (χ2v) is 9.56. The molecule has 0 saturated heterocycles. The lowest BCUT2D eigenvalue weighted by Gasteiger charge is -2.36. The van der Waals surface area contributed by atoms with Gasteiger partial charge in [-0.1, -0.05) is 49.7 Å². The SMILES string of the molecule is CCCOC(=O)C1=C(C)NC2=C(C(=O)C[C@H](c3ccc(Cl)cc3)C2)[C@H]1c1ccc(OCCC)cc1. The molecule has 35 heavy (non-hydrogen) atoms. The maximum Gasteiger partial charge on any atom is 0.336 e. The molecule has 1 aliphatic heterocycles. The topological polar surface area (TPSA) is 64.6 Å². The van der Waals surface area contributed by atoms with E-state index in [-0.39, 0.29) is 17.7 Å². The molecule has 2 aliphatic rings. The largest absolute Gasteiger partial charge is 0.494 e. The van der Waals surface area contributed by atoms with Gasteiger partial charge in [0, 0.05) is 34.3 Å². The van der Waals surface area contributed by atoms with E-state index < -0.39 is 5.92 Å². The summed E-state index contributed by atoms with van der Waals surface area (Å²) in [7, 11) is 0. The van der Waals surface area contributed by atoms with Gasteiger partial charge in [-0.3, -0.25) is 4.79 Å². The van der Waals surface area contributed by atoms with Crippen LogP contribution in [0.4, 0.5) is 0 Å². The third-order valence-corrected chi connectivity index (χ3v) is 6.76. The van der Waals surface area contributed by atoms with E-state index in [1.807, 2.05) is 62.4 Å². The molecule has 184 valence electrons. The van der Waals surface area contributed by atoms with Crippen molar-refractivity contribution < 1.29 is 19.1 Å². The highest BCUT2D eigenvalue weighted by Crippen LogP contribution is 2.46. The molecule has 2 aromatic rings. The molecule has 0 fully saturated rings. The highest BCUT2D eigenvalue weighted by atomic mass is 35.5. The molecule has 0 spiro atoms. The highest BCUT2D eigenvalue weighted by Gasteiger charge is 2.41. The van der Waals surface area contributed by atoms with Gasteiger partial charge in [0.25, 0.3) is 0 Å². The van der Waals surface area contributed by atoms with E-state index in [9.17, 15) is 9.59 Å². The summed E-state index contributed by atoms with van der Waals surface area (Å²) < 4.78 is 11.3. The van der Waals surface area contributed by atoms with Crippen molar-refractivity contribution in [1.29, 1.82) is 0 Å². The van der Waals surface area contributed by atoms with Crippen LogP contribution in [0.25, 0.3) is 0 Å². The van der Waals surface area contributed by atoms with Gasteiger partial charge in [-0.15, -0.1) is 0 Å². The highest BCUT2D eigenvalue weighted by molar-refractivity contribution is 6.30. The zero-order valence-electron chi connectivity index (χ0n) is 20.5. The minimum absolute atomic E-state index is 0.0447. The lowest BCUT2D eigenvalue weighted by molar-refractivity contribution is -0.139. The molecule has 5 nitrogen and oxygen atoms in total. The molecular weight excluding hydrogens is 462 g/mol. The summed E-state index contributed by atoms with van der Waals surface area (Å²) in [6, 6.07) is 15.4. The molecular formula is C29H32ClNO4. The van der Waals surface area contributed by atoms with Crippen LogP contribution < -0.4 is 10.1 Å². The van der Waals surface area contributed by atoms with Crippen LogP contribution in [0, 0.1) is 0 Å². The summed E-state index contributed by atoms with van der Waals surface area (Å²) in [4.78, 5) is 26.8. The monoisotopic (exact) mass is 493 g/mol. The number of hydrogen-bond acceptors (Lipinski definition) is 5. The van der Waals surface area contributed by atoms with Crippen LogP contribution in [-0.4, -0.2) is 25.0 Å². The fourth-order valence-corrected chi connectivity index (χ4v) is 4.99. The van der Waals surface area contributed by atoms with Crippen molar-refractivity contribution >= 4 is 23.4 Å². The number of benzene rings is 2. The molecule has 1 heterocycles. The predicted molar refractivity (Wildman–Crippen MR) is 138 cm³/mol. The molecule has 0 bridgehead atoms. The van der Waals surface area contributed by atoms with Gasteiger partial charge >= 0.3 is 5.97 Å². The third kappa shape index (κ3) is 5.46. The lowest BCUT2D eigenvalue weighted by atomic mass is 9.71. The minimum Gasteiger partial charge on any atom is -0.494 e. The zero-order valence-corrected chi connectivity index (χ0v) is 21.3. The molecule has 0 radical (unpaired) electrons. The fraction of sp³-hybridized carbons (Fsp3) is 0.379. The molecule has 2 aromatic carbocycles. The van der Waals surface area contributed by atoms with Crippen molar-refractivity contribution in [3.63, 3.8) is 0 Å². The number of nitrogens with one attached hydrogen (secondary N) is 1. The molecule has 4 rings (SSSR count). The Balaban J connectivity index is 1.73. The third-order valence-electron chi connectivity index (χ3n) is 6.51. The summed E-state index contributed by atoms with van der Waals surface area (Å²) in [6.07, 6.45) is 2.72. The molecule has 0 aromatic heterocycles. The quantitative estimate of drug-likeness (QED) is 0.428. The van der Waals surface area contributed by atoms with E-state index in [1.165, 1.54) is 0 Å². The number of carbonyl (C=O) groups is 2. The van der Waals surface area contributed by atoms with Crippen LogP contribution in [-0.2, 0) is 14.3 Å². The Labute approximate surface area is 212 Å². The van der Waals surface area contributed by atoms with E-state index in [0.717, 1.165) is 41.1 Å². The number of carbonyl (C=O) groups excluding carboxylic acids is 2. The van der Waals surface area contributed by atoms with E-state index >= 15 is 0 Å². The van der Waals surface area contributed by atoms with Crippen LogP contribution >= 0.6 is 11.6 Å². The first-order chi connectivity index (χ1) is 16.9. The number of dihydropyridines is 1. The van der Waals surface area contributed by atoms with Gasteiger partial charge in [-0.2, -0.15) is 0 Å². The number of esters is 1. The lowest BCUT2D eigenvalue weighted by Crippen LogP contribution is -2.36. The summed E-state index contributed by atoms with van der Waals surface area (Å²) >= 11 is 6.07. The smallest absolute Gasteiger partial charge is 0.336 e. The summed E-state index contributed by atoms with van der Waals surface area (Å²) in [5.41, 5.74) is 4.72. The Morgan fingerprint density at radius 1 is 0.971 bits per heavy atom. The average molecular weight is 494 g/mol. The maximum atomic E-state index is 13.6. The molecule has 1 N–H and O–H groups in total. The Bertz CT molecular complexity index is 1150. The normalized spacial score (nSPS) is 19.8. The molecule has 0 amide bonds. The number of allylic oxidation sites excluding steroid dienone is 3. The van der Waals surface area contributed by atoms with Crippen LogP contribution in [0.1, 0.15) is 69.4 Å². The van der Waals surface area contributed by atoms with Crippen molar-refractivity contribution in [2.24, 2.45) is 0 Å². The number of hydrogen-bond donors (Lipinski definition) is 1. The Morgan fingerprint density at radius 3 is 2.29 bits per heavy atom. The van der Waals surface area contributed by atoms with Gasteiger partial charge in [0.2, 0.25) is 0 Å². The summed E-state index contributed by atoms with van der Waals surface area (Å²) in [5, 5.41) is 4.07. The molecule has 0 saturated carbocycles. The molecule has 2 atom stereocenters. The van der Waals surface area contributed by atoms with E-state index in [4.69, 9.17) is 21.1 Å². The second kappa shape index (κ2) is 11.1. The summed E-state index contributed by atoms with van der Waals surface area (Å²) in [6.45, 7) is 6.88. The first-order valence-electron chi connectivity index (χ1n) is 12.3. The van der Waals surface area contributed by atoms with Crippen molar-refractivity contribution in [2.45, 2.75) is 58.3 Å². The van der Waals surface area contributed by atoms with Gasteiger partial charge in [-0.05, 0) is 67.5 Å². The van der Waals surface area contributed by atoms with E-state index in [0.29, 0.717) is 42.2 Å². The van der Waals surface area contributed by atoms with Gasteiger partial charge < -0.3 is 14.8 Å². The van der Waals surface area contributed by atoms with Gasteiger partial charge in [0.1, 0.15) is 5.75 Å². The number of Topliss-reactive ketones (excluding diaryl/α,β-unsaturated/α-hetero) is 1. The number of rotatable bonds is 8. The van der Waals surface area contributed by atoms with Crippen molar-refractivity contribution in [3.05, 3.63) is 87.2 Å². The molecule has 1 aliphatic carbocycles. The van der Waals surface area contributed by atoms with Crippen molar-refractivity contribution in [3.8, 4) is 5.75 Å². The van der Waals surface area contributed by atoms with Crippen LogP contribution in [0.15, 0.2) is 71.1 Å². The minimum atomic E-state index is -0.477. The fourth-order valence-electron chi connectivity index (χ4n) is 4.86. The Morgan fingerprint density at radius 2 is 1.63 bits per heavy atom. The number of halogens is 1. The predicted octanol–water partition coefficient (Wildman–Crippen LogP) is 6.44. The van der Waals surface area contributed by atoms with Crippen LogP contribution in [0.5, 0.6) is 5.75 Å². The van der Waals surface area contributed by atoms with E-state index in [1.54, 1.807) is 0 Å². The zero-order chi connectivity index (χ0) is 24.9. The van der Waals surface area contributed by atoms with Gasteiger partial charge in [0.05, 0.1) is 18.8 Å². The second-order valence-electron chi connectivity index (χ2n) is 9.12.